The Morgan fingerprint density at radius 3 is 1.72 bits per heavy atom. The SMILES string of the molecule is CC(CC(=O)c1ccc(Cl)c(Cl)c1)C(=O)O.O=C(O)C(O)C(Cc1ccccc1)C(=O)c1ccc(Cl)c(Cl)c1. The fourth-order valence-electron chi connectivity index (χ4n) is 3.40. The minimum atomic E-state index is -1.81. The summed E-state index contributed by atoms with van der Waals surface area (Å²) < 4.78 is 0. The van der Waals surface area contributed by atoms with Gasteiger partial charge in [-0.25, -0.2) is 4.79 Å². The lowest BCUT2D eigenvalue weighted by atomic mass is 9.87. The van der Waals surface area contributed by atoms with Crippen LogP contribution in [0.15, 0.2) is 66.7 Å². The maximum Gasteiger partial charge on any atom is 0.333 e. The standard InChI is InChI=1S/C17H14Cl2O4.C11H10Cl2O3/c18-13-7-6-11(9-14(13)19)15(20)12(16(21)17(22)23)8-10-4-2-1-3-5-10;1-6(11(15)16)4-10(14)7-2-3-8(12)9(13)5-7/h1-7,9,12,16,21H,8H2,(H,22,23);2-3,5-6H,4H2,1H3,(H,15,16). The number of aliphatic carboxylic acids is 2. The molecule has 206 valence electrons. The van der Waals surface area contributed by atoms with Crippen molar-refractivity contribution in [3.05, 3.63) is 104 Å². The van der Waals surface area contributed by atoms with Crippen molar-refractivity contribution >= 4 is 69.9 Å². The molecule has 39 heavy (non-hydrogen) atoms. The first-order chi connectivity index (χ1) is 18.3. The Bertz CT molecular complexity index is 1340. The largest absolute Gasteiger partial charge is 0.481 e. The first-order valence-electron chi connectivity index (χ1n) is 11.5. The van der Waals surface area contributed by atoms with Gasteiger partial charge in [-0.05, 0) is 48.4 Å². The van der Waals surface area contributed by atoms with Crippen LogP contribution < -0.4 is 0 Å². The van der Waals surface area contributed by atoms with Crippen molar-refractivity contribution in [2.24, 2.45) is 11.8 Å². The Labute approximate surface area is 244 Å². The van der Waals surface area contributed by atoms with Crippen LogP contribution in [0.4, 0.5) is 0 Å². The molecule has 0 spiro atoms. The van der Waals surface area contributed by atoms with Gasteiger partial charge in [-0.15, -0.1) is 0 Å². The van der Waals surface area contributed by atoms with E-state index in [1.165, 1.54) is 43.3 Å². The zero-order chi connectivity index (χ0) is 29.3. The molecule has 0 amide bonds. The average molecular weight is 614 g/mol. The van der Waals surface area contributed by atoms with E-state index in [-0.39, 0.29) is 34.2 Å². The lowest BCUT2D eigenvalue weighted by molar-refractivity contribution is -0.148. The topological polar surface area (TPSA) is 129 Å². The Hall–Kier alpha value is -2.94. The number of ketones is 2. The number of halogens is 4. The molecule has 0 aliphatic carbocycles. The van der Waals surface area contributed by atoms with Crippen molar-refractivity contribution in [3.63, 3.8) is 0 Å². The summed E-state index contributed by atoms with van der Waals surface area (Å²) in [4.78, 5) is 46.0. The normalized spacial score (nSPS) is 12.9. The predicted molar refractivity (Wildman–Crippen MR) is 150 cm³/mol. The smallest absolute Gasteiger partial charge is 0.333 e. The van der Waals surface area contributed by atoms with E-state index in [1.807, 2.05) is 6.07 Å². The molecule has 3 rings (SSSR count). The van der Waals surface area contributed by atoms with Gasteiger partial charge in [0.25, 0.3) is 0 Å². The first kappa shape index (κ1) is 32.3. The van der Waals surface area contributed by atoms with Crippen LogP contribution in [0.3, 0.4) is 0 Å². The number of carbonyl (C=O) groups is 4. The lowest BCUT2D eigenvalue weighted by Gasteiger charge is -2.19. The highest BCUT2D eigenvalue weighted by Crippen LogP contribution is 2.26. The van der Waals surface area contributed by atoms with Gasteiger partial charge in [0.2, 0.25) is 0 Å². The summed E-state index contributed by atoms with van der Waals surface area (Å²) in [5.74, 6) is -5.02. The van der Waals surface area contributed by atoms with Crippen LogP contribution >= 0.6 is 46.4 Å². The molecule has 3 aromatic rings. The van der Waals surface area contributed by atoms with Gasteiger partial charge >= 0.3 is 11.9 Å². The van der Waals surface area contributed by atoms with Crippen LogP contribution in [0.2, 0.25) is 20.1 Å². The Kier molecular flexibility index (Phi) is 12.4. The fraction of sp³-hybridized carbons (Fsp3) is 0.214. The Morgan fingerprint density at radius 2 is 1.23 bits per heavy atom. The molecular weight excluding hydrogens is 590 g/mol. The zero-order valence-electron chi connectivity index (χ0n) is 20.5. The van der Waals surface area contributed by atoms with Crippen LogP contribution in [0.5, 0.6) is 0 Å². The molecule has 0 radical (unpaired) electrons. The number of Topliss-reactive ketones (excluding diaryl/α,β-unsaturated/α-hetero) is 2. The number of carboxylic acids is 2. The van der Waals surface area contributed by atoms with E-state index in [9.17, 15) is 24.3 Å². The third kappa shape index (κ3) is 9.64. The molecule has 3 N–H and O–H groups in total. The van der Waals surface area contributed by atoms with Crippen LogP contribution in [0.1, 0.15) is 39.6 Å². The number of hydrogen-bond donors (Lipinski definition) is 3. The van der Waals surface area contributed by atoms with Crippen molar-refractivity contribution in [1.29, 1.82) is 0 Å². The quantitative estimate of drug-likeness (QED) is 0.215. The molecule has 0 aromatic heterocycles. The molecule has 11 heteroatoms. The number of carboxylic acid groups (broad SMARTS) is 2. The fourth-order valence-corrected chi connectivity index (χ4v) is 4.00. The van der Waals surface area contributed by atoms with Gasteiger partial charge < -0.3 is 15.3 Å². The summed E-state index contributed by atoms with van der Waals surface area (Å²) in [6.45, 7) is 1.48. The van der Waals surface area contributed by atoms with Crippen molar-refractivity contribution in [3.8, 4) is 0 Å². The second kappa shape index (κ2) is 15.0. The summed E-state index contributed by atoms with van der Waals surface area (Å²) in [7, 11) is 0. The summed E-state index contributed by atoms with van der Waals surface area (Å²) in [6.07, 6.45) is -1.75. The zero-order valence-corrected chi connectivity index (χ0v) is 23.5. The molecular formula is C28H24Cl4O7. The van der Waals surface area contributed by atoms with Gasteiger partial charge in [-0.3, -0.25) is 14.4 Å². The molecule has 0 heterocycles. The maximum atomic E-state index is 12.6. The molecule has 7 nitrogen and oxygen atoms in total. The summed E-state index contributed by atoms with van der Waals surface area (Å²) in [5.41, 5.74) is 1.34. The minimum absolute atomic E-state index is 0.0483. The van der Waals surface area contributed by atoms with Crippen LogP contribution in [0.25, 0.3) is 0 Å². The van der Waals surface area contributed by atoms with Crippen molar-refractivity contribution < 1.29 is 34.5 Å². The van der Waals surface area contributed by atoms with Crippen molar-refractivity contribution in [2.75, 3.05) is 0 Å². The number of rotatable bonds is 10. The van der Waals surface area contributed by atoms with Gasteiger partial charge in [-0.2, -0.15) is 0 Å². The number of carbonyl (C=O) groups excluding carboxylic acids is 2. The van der Waals surface area contributed by atoms with E-state index in [0.29, 0.717) is 15.6 Å². The summed E-state index contributed by atoms with van der Waals surface area (Å²) in [6, 6.07) is 17.7. The highest BCUT2D eigenvalue weighted by Gasteiger charge is 2.33. The monoisotopic (exact) mass is 612 g/mol. The third-order valence-corrected chi connectivity index (χ3v) is 7.11. The van der Waals surface area contributed by atoms with E-state index >= 15 is 0 Å². The maximum absolute atomic E-state index is 12.6. The van der Waals surface area contributed by atoms with E-state index in [4.69, 9.17) is 56.6 Å². The lowest BCUT2D eigenvalue weighted by Crippen LogP contribution is -2.36. The van der Waals surface area contributed by atoms with Crippen molar-refractivity contribution in [2.45, 2.75) is 25.9 Å². The second-order valence-corrected chi connectivity index (χ2v) is 10.2. The molecule has 3 atom stereocenters. The molecule has 3 aromatic carbocycles. The van der Waals surface area contributed by atoms with E-state index in [1.54, 1.807) is 24.3 Å². The highest BCUT2D eigenvalue weighted by atomic mass is 35.5. The van der Waals surface area contributed by atoms with Gasteiger partial charge in [-0.1, -0.05) is 83.7 Å². The first-order valence-corrected chi connectivity index (χ1v) is 13.0. The van der Waals surface area contributed by atoms with E-state index in [0.717, 1.165) is 5.56 Å². The third-order valence-electron chi connectivity index (χ3n) is 5.63. The van der Waals surface area contributed by atoms with Gasteiger partial charge in [0.05, 0.1) is 31.9 Å². The Morgan fingerprint density at radius 1 is 0.718 bits per heavy atom. The summed E-state index contributed by atoms with van der Waals surface area (Å²) >= 11 is 23.2. The molecule has 0 fully saturated rings. The van der Waals surface area contributed by atoms with Gasteiger partial charge in [0.15, 0.2) is 17.7 Å². The highest BCUT2D eigenvalue weighted by molar-refractivity contribution is 6.42. The van der Waals surface area contributed by atoms with E-state index < -0.39 is 35.7 Å². The molecule has 0 aliphatic heterocycles. The van der Waals surface area contributed by atoms with E-state index in [2.05, 4.69) is 0 Å². The van der Waals surface area contributed by atoms with Crippen LogP contribution in [-0.2, 0) is 16.0 Å². The minimum Gasteiger partial charge on any atom is -0.481 e. The van der Waals surface area contributed by atoms with Gasteiger partial charge in [0, 0.05) is 17.5 Å². The predicted octanol–water partition coefficient (Wildman–Crippen LogP) is 6.77. The number of aliphatic hydroxyl groups excluding tert-OH is 1. The molecule has 3 unspecified atom stereocenters. The second-order valence-electron chi connectivity index (χ2n) is 8.57. The number of benzene rings is 3. The average Bonchev–Trinajstić information content (AvgIpc) is 2.90. The molecule has 0 aliphatic rings. The summed E-state index contributed by atoms with van der Waals surface area (Å²) in [5, 5.41) is 28.8. The van der Waals surface area contributed by atoms with Gasteiger partial charge in [0.1, 0.15) is 0 Å². The molecule has 0 saturated carbocycles. The molecule has 0 saturated heterocycles. The Balaban J connectivity index is 0.000000293. The molecule has 0 bridgehead atoms. The van der Waals surface area contributed by atoms with Crippen LogP contribution in [-0.4, -0.2) is 44.9 Å². The number of hydrogen-bond acceptors (Lipinski definition) is 5. The van der Waals surface area contributed by atoms with Crippen molar-refractivity contribution in [1.82, 2.24) is 0 Å². The van der Waals surface area contributed by atoms with Crippen LogP contribution in [0, 0.1) is 11.8 Å². The number of aliphatic hydroxyl groups is 1.